The van der Waals surface area contributed by atoms with Gasteiger partial charge in [-0.2, -0.15) is 0 Å². The standard InChI is InChI=1S/C53H94O5/c1-4-7-10-13-16-19-21-23-24-25-26-27-28-29-31-33-36-39-42-45-48-56-49-51(58-53(55)47-44-41-38-34-18-15-12-9-6-3)50-57-52(54)46-43-40-37-35-32-30-22-20-17-14-11-8-5-2/h7,10,16,19-20,22-24,26-27,51H,4-6,8-9,11-15,17-18,21,25,28-50H2,1-3H3/b10-7-,19-16-,22-20-,24-23-,27-26-. The first-order valence-corrected chi connectivity index (χ1v) is 24.8. The molecule has 5 heteroatoms. The van der Waals surface area contributed by atoms with Crippen LogP contribution in [0, 0.1) is 0 Å². The highest BCUT2D eigenvalue weighted by molar-refractivity contribution is 5.70. The highest BCUT2D eigenvalue weighted by Gasteiger charge is 2.17. The number of carbonyl (C=O) groups is 2. The number of unbranched alkanes of at least 4 members (excludes halogenated alkanes) is 24. The fourth-order valence-electron chi connectivity index (χ4n) is 6.85. The zero-order chi connectivity index (χ0) is 42.1. The summed E-state index contributed by atoms with van der Waals surface area (Å²) in [4.78, 5) is 25.2. The second-order valence-electron chi connectivity index (χ2n) is 16.3. The van der Waals surface area contributed by atoms with Crippen LogP contribution in [0.2, 0.25) is 0 Å². The van der Waals surface area contributed by atoms with Crippen molar-refractivity contribution in [1.82, 2.24) is 0 Å². The molecule has 0 N–H and O–H groups in total. The number of hydrogen-bond acceptors (Lipinski definition) is 5. The van der Waals surface area contributed by atoms with Crippen LogP contribution in [-0.2, 0) is 23.8 Å². The van der Waals surface area contributed by atoms with Gasteiger partial charge in [0.2, 0.25) is 0 Å². The molecule has 0 fully saturated rings. The van der Waals surface area contributed by atoms with Gasteiger partial charge in [0, 0.05) is 19.4 Å². The Labute approximate surface area is 360 Å². The van der Waals surface area contributed by atoms with Crippen LogP contribution in [-0.4, -0.2) is 37.9 Å². The summed E-state index contributed by atoms with van der Waals surface area (Å²) in [5.74, 6) is -0.412. The Morgan fingerprint density at radius 2 is 0.776 bits per heavy atom. The predicted molar refractivity (Wildman–Crippen MR) is 251 cm³/mol. The van der Waals surface area contributed by atoms with Crippen molar-refractivity contribution in [2.24, 2.45) is 0 Å². The topological polar surface area (TPSA) is 61.8 Å². The monoisotopic (exact) mass is 811 g/mol. The average molecular weight is 811 g/mol. The minimum atomic E-state index is -0.542. The van der Waals surface area contributed by atoms with Crippen LogP contribution in [0.25, 0.3) is 0 Å². The van der Waals surface area contributed by atoms with Gasteiger partial charge < -0.3 is 14.2 Å². The number of esters is 2. The van der Waals surface area contributed by atoms with Gasteiger partial charge in [-0.15, -0.1) is 0 Å². The summed E-state index contributed by atoms with van der Waals surface area (Å²) in [5.41, 5.74) is 0. The first-order valence-electron chi connectivity index (χ1n) is 24.8. The average Bonchev–Trinajstić information content (AvgIpc) is 3.22. The number of rotatable bonds is 45. The third-order valence-corrected chi connectivity index (χ3v) is 10.5. The van der Waals surface area contributed by atoms with E-state index < -0.39 is 6.10 Å². The molecule has 0 radical (unpaired) electrons. The van der Waals surface area contributed by atoms with Gasteiger partial charge in [0.15, 0.2) is 6.10 Å². The van der Waals surface area contributed by atoms with Gasteiger partial charge in [0.25, 0.3) is 0 Å². The lowest BCUT2D eigenvalue weighted by Gasteiger charge is -2.18. The van der Waals surface area contributed by atoms with Crippen LogP contribution < -0.4 is 0 Å². The zero-order valence-corrected chi connectivity index (χ0v) is 38.6. The molecule has 0 saturated carbocycles. The van der Waals surface area contributed by atoms with Crippen molar-refractivity contribution in [2.75, 3.05) is 19.8 Å². The van der Waals surface area contributed by atoms with E-state index in [9.17, 15) is 9.59 Å². The van der Waals surface area contributed by atoms with E-state index in [-0.39, 0.29) is 25.2 Å². The Balaban J connectivity index is 4.20. The molecule has 0 saturated heterocycles. The molecule has 0 aromatic rings. The van der Waals surface area contributed by atoms with Crippen molar-refractivity contribution in [3.63, 3.8) is 0 Å². The molecular formula is C53H94O5. The van der Waals surface area contributed by atoms with Gasteiger partial charge in [-0.1, -0.05) is 204 Å². The molecule has 1 unspecified atom stereocenters. The summed E-state index contributed by atoms with van der Waals surface area (Å²) in [7, 11) is 0. The van der Waals surface area contributed by atoms with Gasteiger partial charge in [0.05, 0.1) is 6.61 Å². The fraction of sp³-hybridized carbons (Fsp3) is 0.774. The summed E-state index contributed by atoms with van der Waals surface area (Å²) < 4.78 is 17.3. The van der Waals surface area contributed by atoms with Crippen molar-refractivity contribution < 1.29 is 23.8 Å². The number of allylic oxidation sites excluding steroid dienone is 10. The van der Waals surface area contributed by atoms with E-state index in [1.807, 2.05) is 0 Å². The van der Waals surface area contributed by atoms with E-state index in [0.717, 1.165) is 77.0 Å². The minimum absolute atomic E-state index is 0.0774. The van der Waals surface area contributed by atoms with E-state index in [0.29, 0.717) is 19.4 Å². The molecule has 0 aromatic heterocycles. The van der Waals surface area contributed by atoms with Crippen molar-refractivity contribution >= 4 is 11.9 Å². The van der Waals surface area contributed by atoms with Crippen molar-refractivity contribution in [3.05, 3.63) is 60.8 Å². The van der Waals surface area contributed by atoms with E-state index in [1.54, 1.807) is 0 Å². The summed E-state index contributed by atoms with van der Waals surface area (Å²) in [6.45, 7) is 7.67. The Morgan fingerprint density at radius 3 is 1.28 bits per heavy atom. The third-order valence-electron chi connectivity index (χ3n) is 10.5. The van der Waals surface area contributed by atoms with Crippen molar-refractivity contribution in [2.45, 2.75) is 245 Å². The Morgan fingerprint density at radius 1 is 0.397 bits per heavy atom. The van der Waals surface area contributed by atoms with Gasteiger partial charge in [0.1, 0.15) is 6.61 Å². The summed E-state index contributed by atoms with van der Waals surface area (Å²) >= 11 is 0. The van der Waals surface area contributed by atoms with Crippen LogP contribution in [0.4, 0.5) is 0 Å². The molecule has 0 spiro atoms. The lowest BCUT2D eigenvalue weighted by Crippen LogP contribution is -2.30. The van der Waals surface area contributed by atoms with Gasteiger partial charge in [-0.05, 0) is 83.5 Å². The normalized spacial score (nSPS) is 12.7. The van der Waals surface area contributed by atoms with Crippen LogP contribution in [0.1, 0.15) is 239 Å². The van der Waals surface area contributed by atoms with Crippen LogP contribution in [0.3, 0.4) is 0 Å². The predicted octanol–water partition coefficient (Wildman–Crippen LogP) is 16.6. The molecule has 0 aliphatic heterocycles. The number of ether oxygens (including phenoxy) is 3. The van der Waals surface area contributed by atoms with Crippen molar-refractivity contribution in [3.8, 4) is 0 Å². The number of hydrogen-bond donors (Lipinski definition) is 0. The Bertz CT molecular complexity index is 1010. The van der Waals surface area contributed by atoms with E-state index in [2.05, 4.69) is 81.5 Å². The van der Waals surface area contributed by atoms with Gasteiger partial charge in [-0.25, -0.2) is 0 Å². The maximum absolute atomic E-state index is 12.7. The molecule has 0 bridgehead atoms. The molecule has 336 valence electrons. The van der Waals surface area contributed by atoms with Gasteiger partial charge in [-0.3, -0.25) is 9.59 Å². The first-order chi connectivity index (χ1) is 28.6. The Hall–Kier alpha value is -2.40. The first kappa shape index (κ1) is 55.6. The van der Waals surface area contributed by atoms with Crippen LogP contribution in [0.15, 0.2) is 60.8 Å². The third kappa shape index (κ3) is 46.3. The molecule has 0 amide bonds. The molecule has 1 atom stereocenters. The van der Waals surface area contributed by atoms with Crippen LogP contribution in [0.5, 0.6) is 0 Å². The molecule has 5 nitrogen and oxygen atoms in total. The highest BCUT2D eigenvalue weighted by atomic mass is 16.6. The lowest BCUT2D eigenvalue weighted by atomic mass is 10.1. The van der Waals surface area contributed by atoms with Gasteiger partial charge >= 0.3 is 11.9 Å². The second-order valence-corrected chi connectivity index (χ2v) is 16.3. The molecule has 0 aliphatic rings. The van der Waals surface area contributed by atoms with Crippen LogP contribution >= 0.6 is 0 Å². The number of carbonyl (C=O) groups excluding carboxylic acids is 2. The summed E-state index contributed by atoms with van der Waals surface area (Å²) in [6.07, 6.45) is 60.8. The highest BCUT2D eigenvalue weighted by Crippen LogP contribution is 2.14. The van der Waals surface area contributed by atoms with E-state index in [4.69, 9.17) is 14.2 Å². The fourth-order valence-corrected chi connectivity index (χ4v) is 6.85. The van der Waals surface area contributed by atoms with E-state index in [1.165, 1.54) is 128 Å². The smallest absolute Gasteiger partial charge is 0.306 e. The molecule has 0 aromatic carbocycles. The minimum Gasteiger partial charge on any atom is -0.462 e. The van der Waals surface area contributed by atoms with Crippen molar-refractivity contribution in [1.29, 1.82) is 0 Å². The Kier molecular flexibility index (Phi) is 46.9. The maximum Gasteiger partial charge on any atom is 0.306 e. The zero-order valence-electron chi connectivity index (χ0n) is 38.6. The maximum atomic E-state index is 12.7. The molecule has 0 aliphatic carbocycles. The SMILES string of the molecule is CC/C=C\C/C=C\C/C=C\C/C=C\CCCCCCCCCOCC(COC(=O)CCCCCCC/C=C\CCCCCC)OC(=O)CCCCCCCCCCC. The molecule has 58 heavy (non-hydrogen) atoms. The quantitative estimate of drug-likeness (QED) is 0.0348. The largest absolute Gasteiger partial charge is 0.462 e. The molecular weight excluding hydrogens is 717 g/mol. The lowest BCUT2D eigenvalue weighted by molar-refractivity contribution is -0.163. The summed E-state index contributed by atoms with van der Waals surface area (Å²) in [5, 5.41) is 0. The molecule has 0 heterocycles. The summed E-state index contributed by atoms with van der Waals surface area (Å²) in [6, 6.07) is 0. The second kappa shape index (κ2) is 49.0. The molecule has 0 rings (SSSR count). The van der Waals surface area contributed by atoms with E-state index >= 15 is 0 Å².